The van der Waals surface area contributed by atoms with Crippen LogP contribution in [0.5, 0.6) is 11.5 Å². The molecule has 3 fully saturated rings. The molecule has 4 rings (SSSR count). The summed E-state index contributed by atoms with van der Waals surface area (Å²) in [5.41, 5.74) is 1.26. The van der Waals surface area contributed by atoms with Crippen molar-refractivity contribution >= 4 is 0 Å². The molecule has 0 spiro atoms. The van der Waals surface area contributed by atoms with Gasteiger partial charge in [-0.2, -0.15) is 0 Å². The molecule has 0 aromatic heterocycles. The SMILES string of the molecule is CCCCOc1c(CN2C[C@H]3CC[C@@H]2CNC3)cccc1OC. The molecule has 0 amide bonds. The molecule has 4 heteroatoms. The zero-order valence-corrected chi connectivity index (χ0v) is 14.5. The lowest BCUT2D eigenvalue weighted by atomic mass is 9.94. The van der Waals surface area contributed by atoms with Gasteiger partial charge >= 0.3 is 0 Å². The Bertz CT molecular complexity index is 502. The van der Waals surface area contributed by atoms with Gasteiger partial charge in [-0.1, -0.05) is 25.5 Å². The van der Waals surface area contributed by atoms with Gasteiger partial charge in [0.25, 0.3) is 0 Å². The highest BCUT2D eigenvalue weighted by atomic mass is 16.5. The van der Waals surface area contributed by atoms with Crippen LogP contribution in [0.2, 0.25) is 0 Å². The van der Waals surface area contributed by atoms with Gasteiger partial charge in [0.15, 0.2) is 11.5 Å². The van der Waals surface area contributed by atoms with Crippen molar-refractivity contribution in [2.45, 2.75) is 45.2 Å². The number of piperidine rings is 1. The van der Waals surface area contributed by atoms with Gasteiger partial charge < -0.3 is 14.8 Å². The van der Waals surface area contributed by atoms with E-state index in [9.17, 15) is 0 Å². The molecule has 3 aliphatic heterocycles. The van der Waals surface area contributed by atoms with E-state index in [1.807, 2.05) is 6.07 Å². The molecule has 0 unspecified atom stereocenters. The van der Waals surface area contributed by atoms with Crippen molar-refractivity contribution in [3.8, 4) is 11.5 Å². The Morgan fingerprint density at radius 2 is 2.17 bits per heavy atom. The first-order valence-electron chi connectivity index (χ1n) is 9.05. The summed E-state index contributed by atoms with van der Waals surface area (Å²) in [5.74, 6) is 2.59. The molecule has 0 radical (unpaired) electrons. The molecule has 3 heterocycles. The minimum atomic E-state index is 0.656. The van der Waals surface area contributed by atoms with Crippen molar-refractivity contribution in [2.24, 2.45) is 5.92 Å². The molecule has 0 aliphatic carbocycles. The first kappa shape index (κ1) is 16.6. The molecule has 128 valence electrons. The summed E-state index contributed by atoms with van der Waals surface area (Å²) >= 11 is 0. The number of ether oxygens (including phenoxy) is 2. The van der Waals surface area contributed by atoms with Gasteiger partial charge in [0.05, 0.1) is 13.7 Å². The zero-order valence-electron chi connectivity index (χ0n) is 14.5. The Labute approximate surface area is 140 Å². The summed E-state index contributed by atoms with van der Waals surface area (Å²) in [6.45, 7) is 7.40. The fourth-order valence-corrected chi connectivity index (χ4v) is 3.78. The van der Waals surface area contributed by atoms with E-state index in [1.165, 1.54) is 31.5 Å². The van der Waals surface area contributed by atoms with Crippen LogP contribution in [0.15, 0.2) is 18.2 Å². The molecule has 2 bridgehead atoms. The highest BCUT2D eigenvalue weighted by Crippen LogP contribution is 2.34. The van der Waals surface area contributed by atoms with Gasteiger partial charge in [-0.15, -0.1) is 0 Å². The van der Waals surface area contributed by atoms with E-state index < -0.39 is 0 Å². The van der Waals surface area contributed by atoms with Crippen molar-refractivity contribution in [1.82, 2.24) is 10.2 Å². The predicted octanol–water partition coefficient (Wildman–Crippen LogP) is 3.06. The largest absolute Gasteiger partial charge is 0.493 e. The second kappa shape index (κ2) is 8.02. The van der Waals surface area contributed by atoms with Gasteiger partial charge in [0.2, 0.25) is 0 Å². The van der Waals surface area contributed by atoms with Crippen LogP contribution in [0, 0.1) is 5.92 Å². The van der Waals surface area contributed by atoms with Crippen LogP contribution < -0.4 is 14.8 Å². The normalized spacial score (nSPS) is 24.4. The molecule has 1 aromatic carbocycles. The van der Waals surface area contributed by atoms with Crippen LogP contribution in [-0.4, -0.2) is 44.3 Å². The zero-order chi connectivity index (χ0) is 16.1. The first-order chi connectivity index (χ1) is 11.3. The maximum absolute atomic E-state index is 6.09. The first-order valence-corrected chi connectivity index (χ1v) is 9.05. The van der Waals surface area contributed by atoms with Gasteiger partial charge in [0.1, 0.15) is 0 Å². The summed E-state index contributed by atoms with van der Waals surface area (Å²) in [4.78, 5) is 2.63. The van der Waals surface area contributed by atoms with Crippen molar-refractivity contribution in [2.75, 3.05) is 33.4 Å². The summed E-state index contributed by atoms with van der Waals surface area (Å²) in [6.07, 6.45) is 4.90. The standard InChI is InChI=1S/C19H30N2O2/c1-3-4-10-23-19-16(6-5-7-18(19)22-2)14-21-13-15-8-9-17(21)12-20-11-15/h5-7,15,17,20H,3-4,8-14H2,1-2H3/t15-,17+/m0/s1. The fraction of sp³-hybridized carbons (Fsp3) is 0.684. The minimum absolute atomic E-state index is 0.656. The van der Waals surface area contributed by atoms with Crippen LogP contribution in [-0.2, 0) is 6.54 Å². The average Bonchev–Trinajstić information content (AvgIpc) is 2.91. The second-order valence-electron chi connectivity index (χ2n) is 6.84. The van der Waals surface area contributed by atoms with Crippen LogP contribution in [0.4, 0.5) is 0 Å². The Kier molecular flexibility index (Phi) is 5.79. The fourth-order valence-electron chi connectivity index (χ4n) is 3.78. The maximum Gasteiger partial charge on any atom is 0.165 e. The van der Waals surface area contributed by atoms with Crippen LogP contribution in [0.25, 0.3) is 0 Å². The van der Waals surface area contributed by atoms with Gasteiger partial charge in [-0.25, -0.2) is 0 Å². The molecule has 4 nitrogen and oxygen atoms in total. The van der Waals surface area contributed by atoms with Crippen molar-refractivity contribution in [3.63, 3.8) is 0 Å². The van der Waals surface area contributed by atoms with Crippen molar-refractivity contribution in [3.05, 3.63) is 23.8 Å². The van der Waals surface area contributed by atoms with Gasteiger partial charge in [-0.05, 0) is 37.8 Å². The molecule has 3 saturated heterocycles. The molecule has 23 heavy (non-hydrogen) atoms. The van der Waals surface area contributed by atoms with E-state index in [1.54, 1.807) is 7.11 Å². The number of unbranched alkanes of at least 4 members (excludes halogenated alkanes) is 1. The summed E-state index contributed by atoms with van der Waals surface area (Å²) < 4.78 is 11.6. The highest BCUT2D eigenvalue weighted by Gasteiger charge is 2.31. The van der Waals surface area contributed by atoms with Crippen LogP contribution in [0.3, 0.4) is 0 Å². The smallest absolute Gasteiger partial charge is 0.165 e. The highest BCUT2D eigenvalue weighted by molar-refractivity contribution is 5.46. The topological polar surface area (TPSA) is 33.7 Å². The summed E-state index contributed by atoms with van der Waals surface area (Å²) in [5, 5.41) is 3.61. The summed E-state index contributed by atoms with van der Waals surface area (Å²) in [6, 6.07) is 6.93. The monoisotopic (exact) mass is 318 g/mol. The number of nitrogens with one attached hydrogen (secondary N) is 1. The molecule has 0 saturated carbocycles. The molecule has 1 N–H and O–H groups in total. The van der Waals surface area contributed by atoms with E-state index >= 15 is 0 Å². The van der Waals surface area contributed by atoms with E-state index in [-0.39, 0.29) is 0 Å². The quantitative estimate of drug-likeness (QED) is 0.784. The second-order valence-corrected chi connectivity index (χ2v) is 6.84. The number of nitrogens with zero attached hydrogens (tertiary/aromatic N) is 1. The molecular weight excluding hydrogens is 288 g/mol. The molecule has 2 atom stereocenters. The van der Waals surface area contributed by atoms with E-state index in [2.05, 4.69) is 29.3 Å². The Hall–Kier alpha value is -1.26. The number of fused-ring (bicyclic) bond motifs is 4. The van der Waals surface area contributed by atoms with Gasteiger partial charge in [0, 0.05) is 31.2 Å². The Morgan fingerprint density at radius 1 is 1.26 bits per heavy atom. The maximum atomic E-state index is 6.09. The third-order valence-corrected chi connectivity index (χ3v) is 5.13. The van der Waals surface area contributed by atoms with Crippen molar-refractivity contribution < 1.29 is 9.47 Å². The number of hydrogen-bond acceptors (Lipinski definition) is 4. The number of methoxy groups -OCH3 is 1. The number of para-hydroxylation sites is 1. The number of benzene rings is 1. The van der Waals surface area contributed by atoms with Crippen LogP contribution >= 0.6 is 0 Å². The lowest BCUT2D eigenvalue weighted by molar-refractivity contribution is 0.124. The third kappa shape index (κ3) is 3.99. The van der Waals surface area contributed by atoms with E-state index in [0.717, 1.165) is 50.0 Å². The summed E-state index contributed by atoms with van der Waals surface area (Å²) in [7, 11) is 1.73. The average molecular weight is 318 g/mol. The molecule has 3 aliphatic rings. The van der Waals surface area contributed by atoms with Gasteiger partial charge in [-0.3, -0.25) is 4.90 Å². The lowest BCUT2D eigenvalue weighted by Crippen LogP contribution is -2.43. The minimum Gasteiger partial charge on any atom is -0.493 e. The number of hydrogen-bond donors (Lipinski definition) is 1. The lowest BCUT2D eigenvalue weighted by Gasteiger charge is -2.36. The van der Waals surface area contributed by atoms with Crippen LogP contribution in [0.1, 0.15) is 38.2 Å². The Balaban J connectivity index is 1.75. The molecular formula is C19H30N2O2. The van der Waals surface area contributed by atoms with E-state index in [0.29, 0.717) is 6.04 Å². The van der Waals surface area contributed by atoms with E-state index in [4.69, 9.17) is 9.47 Å². The molecule has 1 aromatic rings. The predicted molar refractivity (Wildman–Crippen MR) is 93.2 cm³/mol. The third-order valence-electron chi connectivity index (χ3n) is 5.13. The van der Waals surface area contributed by atoms with Crippen molar-refractivity contribution in [1.29, 1.82) is 0 Å². The number of rotatable bonds is 7. The Morgan fingerprint density at radius 3 is 3.00 bits per heavy atom.